The molecule has 0 spiro atoms. The van der Waals surface area contributed by atoms with Crippen molar-refractivity contribution in [1.29, 1.82) is 0 Å². The maximum Gasteiger partial charge on any atom is 0.251 e. The maximum atomic E-state index is 14.7. The number of nitrogens with one attached hydrogen (secondary N) is 1. The number of piperidine rings is 1. The van der Waals surface area contributed by atoms with E-state index >= 15 is 0 Å². The van der Waals surface area contributed by atoms with Gasteiger partial charge in [0.2, 0.25) is 0 Å². The van der Waals surface area contributed by atoms with E-state index in [1.165, 1.54) is 23.8 Å². The van der Waals surface area contributed by atoms with Gasteiger partial charge in [0.1, 0.15) is 11.3 Å². The van der Waals surface area contributed by atoms with Gasteiger partial charge in [0.25, 0.3) is 5.56 Å². The Morgan fingerprint density at radius 1 is 1.12 bits per heavy atom. The average molecular weight is 524 g/mol. The highest BCUT2D eigenvalue weighted by Crippen LogP contribution is 2.34. The van der Waals surface area contributed by atoms with Crippen molar-refractivity contribution >= 4 is 57.7 Å². The average Bonchev–Trinajstić information content (AvgIpc) is 3.43. The van der Waals surface area contributed by atoms with Crippen LogP contribution in [0.15, 0.2) is 35.4 Å². The molecule has 2 aliphatic rings. The first-order valence-electron chi connectivity index (χ1n) is 10.9. The van der Waals surface area contributed by atoms with Crippen molar-refractivity contribution in [2.75, 3.05) is 19.6 Å². The number of fused-ring (bicyclic) bond motifs is 1. The highest BCUT2D eigenvalue weighted by Gasteiger charge is 2.31. The van der Waals surface area contributed by atoms with Gasteiger partial charge in [0.05, 0.1) is 17.2 Å². The molecule has 0 radical (unpaired) electrons. The van der Waals surface area contributed by atoms with Crippen LogP contribution in [0.4, 0.5) is 4.39 Å². The summed E-state index contributed by atoms with van der Waals surface area (Å²) in [5, 5.41) is 7.72. The highest BCUT2D eigenvalue weighted by molar-refractivity contribution is 7.12. The van der Waals surface area contributed by atoms with Gasteiger partial charge < -0.3 is 14.8 Å². The maximum absolute atomic E-state index is 14.7. The van der Waals surface area contributed by atoms with Crippen molar-refractivity contribution < 1.29 is 4.39 Å². The molecule has 12 heteroatoms. The van der Waals surface area contributed by atoms with Gasteiger partial charge >= 0.3 is 0 Å². The van der Waals surface area contributed by atoms with E-state index in [2.05, 4.69) is 29.8 Å². The van der Waals surface area contributed by atoms with Crippen molar-refractivity contribution in [3.63, 3.8) is 0 Å². The first-order chi connectivity index (χ1) is 15.7. The fourth-order valence-corrected chi connectivity index (χ4v) is 5.51. The molecule has 2 aliphatic heterocycles. The van der Waals surface area contributed by atoms with Gasteiger partial charge in [0.15, 0.2) is 4.83 Å². The van der Waals surface area contributed by atoms with Crippen LogP contribution >= 0.6 is 36.3 Å². The summed E-state index contributed by atoms with van der Waals surface area (Å²) in [7, 11) is 0. The topological polar surface area (TPSA) is 88.8 Å². The predicted octanol–water partition coefficient (Wildman–Crippen LogP) is 3.13. The third kappa shape index (κ3) is 4.52. The molecule has 0 aliphatic carbocycles. The van der Waals surface area contributed by atoms with E-state index in [1.807, 2.05) is 12.3 Å². The first-order valence-corrected chi connectivity index (χ1v) is 11.6. The summed E-state index contributed by atoms with van der Waals surface area (Å²) >= 11 is 1.31. The second-order valence-electron chi connectivity index (χ2n) is 8.63. The molecule has 1 N–H and O–H groups in total. The summed E-state index contributed by atoms with van der Waals surface area (Å²) in [5.74, 6) is -0.332. The van der Waals surface area contributed by atoms with E-state index in [0.717, 1.165) is 54.9 Å². The zero-order valence-corrected chi connectivity index (χ0v) is 20.6. The molecular formula is C22H24Cl2FN7OS. The standard InChI is InChI=1S/C22H22FN7OS.2ClH/c23-16-10-25-17-1-2-19(31)30-12-14(20(16)21(17)30)11-29-5-3-15(4-6-29)24-8-13-7-18-22(26-9-13)32-28-27-18;;/h1-2,7,9-10,14-15,24H,3-6,8,11-12H2;2*1H/t14-;;/m1../s1. The number of aromatic nitrogens is 5. The smallest absolute Gasteiger partial charge is 0.251 e. The SMILES string of the molecule is Cl.Cl.O=c1ccc2ncc(F)c3c2n1C[C@H]3CN1CCC(NCc2cnc3snnc3c2)CC1. The monoisotopic (exact) mass is 523 g/mol. The number of hydrogen-bond donors (Lipinski definition) is 1. The molecule has 4 aromatic heterocycles. The number of likely N-dealkylation sites (tertiary alicyclic amines) is 1. The van der Waals surface area contributed by atoms with Crippen LogP contribution in [-0.2, 0) is 13.1 Å². The van der Waals surface area contributed by atoms with Gasteiger partial charge in [-0.2, -0.15) is 0 Å². The second-order valence-corrected chi connectivity index (χ2v) is 9.36. The number of nitrogens with zero attached hydrogens (tertiary/aromatic N) is 6. The summed E-state index contributed by atoms with van der Waals surface area (Å²) in [6, 6.07) is 5.68. The lowest BCUT2D eigenvalue weighted by atomic mass is 9.98. The molecule has 8 nitrogen and oxygen atoms in total. The molecule has 1 saturated heterocycles. The van der Waals surface area contributed by atoms with Crippen molar-refractivity contribution in [3.05, 3.63) is 57.9 Å². The molecule has 34 heavy (non-hydrogen) atoms. The van der Waals surface area contributed by atoms with Crippen LogP contribution in [0.1, 0.15) is 29.9 Å². The minimum atomic E-state index is -0.309. The summed E-state index contributed by atoms with van der Waals surface area (Å²) in [4.78, 5) is 24.1. The van der Waals surface area contributed by atoms with Crippen LogP contribution in [0.5, 0.6) is 0 Å². The van der Waals surface area contributed by atoms with Crippen LogP contribution in [0.3, 0.4) is 0 Å². The Morgan fingerprint density at radius 2 is 1.94 bits per heavy atom. The molecule has 6 rings (SSSR count). The van der Waals surface area contributed by atoms with Crippen LogP contribution in [-0.4, -0.2) is 54.7 Å². The minimum absolute atomic E-state index is 0. The zero-order chi connectivity index (χ0) is 21.7. The molecule has 0 aromatic carbocycles. The van der Waals surface area contributed by atoms with Crippen molar-refractivity contribution in [3.8, 4) is 0 Å². The number of rotatable bonds is 5. The molecule has 6 heterocycles. The second kappa shape index (κ2) is 10.2. The van der Waals surface area contributed by atoms with Gasteiger partial charge in [-0.15, -0.1) is 29.9 Å². The van der Waals surface area contributed by atoms with Gasteiger partial charge in [0, 0.05) is 61.0 Å². The van der Waals surface area contributed by atoms with Gasteiger partial charge in [-0.25, -0.2) is 9.37 Å². The molecule has 1 atom stereocenters. The summed E-state index contributed by atoms with van der Waals surface area (Å²) < 4.78 is 20.3. The minimum Gasteiger partial charge on any atom is -0.310 e. The molecule has 1 fully saturated rings. The van der Waals surface area contributed by atoms with E-state index in [1.54, 1.807) is 10.6 Å². The number of hydrogen-bond acceptors (Lipinski definition) is 8. The molecule has 0 amide bonds. The molecule has 0 unspecified atom stereocenters. The lowest BCUT2D eigenvalue weighted by Gasteiger charge is -2.34. The molecule has 4 aromatic rings. The Morgan fingerprint density at radius 3 is 2.76 bits per heavy atom. The normalized spacial score (nSPS) is 18.2. The van der Waals surface area contributed by atoms with E-state index in [0.29, 0.717) is 29.2 Å². The van der Waals surface area contributed by atoms with Crippen molar-refractivity contribution in [2.24, 2.45) is 0 Å². The largest absolute Gasteiger partial charge is 0.310 e. The number of halogens is 3. The lowest BCUT2D eigenvalue weighted by molar-refractivity contribution is 0.184. The van der Waals surface area contributed by atoms with Gasteiger partial charge in [-0.05, 0) is 43.6 Å². The molecule has 180 valence electrons. The van der Waals surface area contributed by atoms with Crippen molar-refractivity contribution in [2.45, 2.75) is 37.9 Å². The lowest BCUT2D eigenvalue weighted by Crippen LogP contribution is -2.43. The number of pyridine rings is 3. The fourth-order valence-electron chi connectivity index (χ4n) is 5.01. The summed E-state index contributed by atoms with van der Waals surface area (Å²) in [5.41, 5.74) is 3.87. The van der Waals surface area contributed by atoms with Crippen LogP contribution in [0.2, 0.25) is 0 Å². The van der Waals surface area contributed by atoms with E-state index in [4.69, 9.17) is 0 Å². The molecular weight excluding hydrogens is 500 g/mol. The fraction of sp³-hybridized carbons (Fsp3) is 0.409. The van der Waals surface area contributed by atoms with E-state index in [9.17, 15) is 9.18 Å². The molecule has 0 bridgehead atoms. The van der Waals surface area contributed by atoms with Crippen molar-refractivity contribution in [1.82, 2.24) is 34.3 Å². The Hall–Kier alpha value is -2.24. The zero-order valence-electron chi connectivity index (χ0n) is 18.2. The quantitative estimate of drug-likeness (QED) is 0.429. The van der Waals surface area contributed by atoms with Gasteiger partial charge in [-0.1, -0.05) is 4.49 Å². The van der Waals surface area contributed by atoms with Gasteiger partial charge in [-0.3, -0.25) is 9.78 Å². The van der Waals surface area contributed by atoms with Crippen LogP contribution in [0, 0.1) is 5.82 Å². The predicted molar refractivity (Wildman–Crippen MR) is 135 cm³/mol. The highest BCUT2D eigenvalue weighted by atomic mass is 35.5. The van der Waals surface area contributed by atoms with Crippen LogP contribution in [0.25, 0.3) is 21.4 Å². The Bertz CT molecular complexity index is 1370. The van der Waals surface area contributed by atoms with Crippen LogP contribution < -0.4 is 10.9 Å². The van der Waals surface area contributed by atoms with E-state index in [-0.39, 0.29) is 42.1 Å². The third-order valence-electron chi connectivity index (χ3n) is 6.63. The Kier molecular flexibility index (Phi) is 7.44. The Labute approximate surface area is 211 Å². The first kappa shape index (κ1) is 24.9. The van der Waals surface area contributed by atoms with E-state index < -0.39 is 0 Å². The molecule has 0 saturated carbocycles. The summed E-state index contributed by atoms with van der Waals surface area (Å²) in [6.45, 7) is 3.92. The Balaban J connectivity index is 0.00000137. The summed E-state index contributed by atoms with van der Waals surface area (Å²) in [6.07, 6.45) is 5.23. The third-order valence-corrected chi connectivity index (χ3v) is 7.28.